The Labute approximate surface area is 227 Å². The van der Waals surface area contributed by atoms with E-state index in [2.05, 4.69) is 22.7 Å². The molecule has 1 aliphatic rings. The number of anilines is 1. The van der Waals surface area contributed by atoms with Gasteiger partial charge in [0.2, 0.25) is 0 Å². The number of aromatic nitrogens is 2. The smallest absolute Gasteiger partial charge is 0.408 e. The van der Waals surface area contributed by atoms with Crippen LogP contribution in [0.2, 0.25) is 5.02 Å². The van der Waals surface area contributed by atoms with Crippen LogP contribution in [0.25, 0.3) is 11.3 Å². The number of aryl methyl sites for hydroxylation is 1. The Morgan fingerprint density at radius 3 is 2.47 bits per heavy atom. The number of carbonyl (C=O) groups excluding carboxylic acids is 1. The Morgan fingerprint density at radius 2 is 1.95 bits per heavy atom. The van der Waals surface area contributed by atoms with Gasteiger partial charge in [-0.05, 0) is 57.6 Å². The second kappa shape index (κ2) is 13.4. The van der Waals surface area contributed by atoms with Gasteiger partial charge in [0.15, 0.2) is 5.69 Å². The highest BCUT2D eigenvalue weighted by molar-refractivity contribution is 7.51. The highest BCUT2D eigenvalue weighted by Crippen LogP contribution is 2.39. The molecule has 0 bridgehead atoms. The summed E-state index contributed by atoms with van der Waals surface area (Å²) in [5, 5.41) is 20.4. The van der Waals surface area contributed by atoms with Gasteiger partial charge in [-0.25, -0.2) is 0 Å². The van der Waals surface area contributed by atoms with Gasteiger partial charge in [-0.3, -0.25) is 9.48 Å². The lowest BCUT2D eigenvalue weighted by atomic mass is 9.79. The van der Waals surface area contributed by atoms with E-state index < -0.39 is 35.3 Å². The summed E-state index contributed by atoms with van der Waals surface area (Å²) < 4.78 is 62.4. The minimum atomic E-state index is -4.40. The van der Waals surface area contributed by atoms with E-state index in [4.69, 9.17) is 24.8 Å². The van der Waals surface area contributed by atoms with E-state index in [1.807, 2.05) is 6.92 Å². The highest BCUT2D eigenvalue weighted by Gasteiger charge is 2.36. The van der Waals surface area contributed by atoms with Crippen LogP contribution >= 0.6 is 11.6 Å². The summed E-state index contributed by atoms with van der Waals surface area (Å²) in [7, 11) is 1.40. The topological polar surface area (TPSA) is 123 Å². The number of aliphatic hydroxyl groups is 1. The maximum atomic E-state index is 12.9. The molecule has 1 amide bonds. The lowest BCUT2D eigenvalue weighted by Crippen LogP contribution is -2.45. The molecule has 1 aromatic heterocycles. The van der Waals surface area contributed by atoms with Crippen molar-refractivity contribution in [1.29, 1.82) is 0 Å². The van der Waals surface area contributed by atoms with Crippen LogP contribution in [0.5, 0.6) is 5.75 Å². The van der Waals surface area contributed by atoms with Crippen molar-refractivity contribution in [3.05, 3.63) is 28.9 Å². The number of nitrogens with zero attached hydrogens (tertiary/aromatic N) is 2. The van der Waals surface area contributed by atoms with E-state index in [0.29, 0.717) is 36.6 Å². The summed E-state index contributed by atoms with van der Waals surface area (Å²) in [6.45, 7) is 5.49. The van der Waals surface area contributed by atoms with Crippen molar-refractivity contribution in [2.75, 3.05) is 19.0 Å². The number of nitrogens with one attached hydrogen (secondary N) is 2. The second-order valence-corrected chi connectivity index (χ2v) is 9.82. The molecule has 0 spiro atoms. The van der Waals surface area contributed by atoms with Crippen LogP contribution in [0.3, 0.4) is 0 Å². The molecule has 1 aromatic carbocycles. The molecule has 212 valence electrons. The molecule has 0 unspecified atom stereocenters. The number of hydrogen-bond acceptors (Lipinski definition) is 7. The van der Waals surface area contributed by atoms with E-state index in [-0.39, 0.29) is 28.7 Å². The number of ether oxygens (including phenoxy) is 1. The number of carbonyl (C=O) groups is 1. The molecular weight excluding hydrogens is 549 g/mol. The van der Waals surface area contributed by atoms with E-state index >= 15 is 0 Å². The minimum absolute atomic E-state index is 0.00578. The second-order valence-electron chi connectivity index (χ2n) is 9.31. The first kappa shape index (κ1) is 31.6. The zero-order valence-electron chi connectivity index (χ0n) is 21.5. The summed E-state index contributed by atoms with van der Waals surface area (Å²) in [6.07, 6.45) is -1.38. The van der Waals surface area contributed by atoms with E-state index in [9.17, 15) is 23.1 Å². The van der Waals surface area contributed by atoms with Crippen molar-refractivity contribution >= 4 is 34.8 Å². The molecule has 14 heteroatoms. The minimum Gasteiger partial charge on any atom is -0.496 e. The van der Waals surface area contributed by atoms with Crippen molar-refractivity contribution in [3.63, 3.8) is 0 Å². The van der Waals surface area contributed by atoms with Gasteiger partial charge in [-0.2, -0.15) is 26.7 Å². The standard InChI is InChI=1S/C24H32ClF3N4O3.O2S/c1-5-32-21(17-7-6-16(12-18(17)35-4)30-15(3)24(26,27)28)19(25)20(31-32)22(33)29-13-23(34)10-8-14(2)9-11-23;1-3-2/h6-7,12,14-15,30,34H,5,8-11,13H2,1-4H3,(H,29,33);/t14?,15-,23?;/m1./s1. The van der Waals surface area contributed by atoms with Crippen molar-refractivity contribution in [2.45, 2.75) is 70.8 Å². The number of halogens is 4. The predicted octanol–water partition coefficient (Wildman–Crippen LogP) is 4.60. The molecule has 1 heterocycles. The third-order valence-electron chi connectivity index (χ3n) is 6.52. The van der Waals surface area contributed by atoms with Crippen molar-refractivity contribution in [2.24, 2.45) is 5.92 Å². The Kier molecular flexibility index (Phi) is 11.2. The van der Waals surface area contributed by atoms with Gasteiger partial charge in [-0.1, -0.05) is 18.5 Å². The first-order valence-corrected chi connectivity index (χ1v) is 13.0. The molecule has 38 heavy (non-hydrogen) atoms. The molecule has 2 aromatic rings. The van der Waals surface area contributed by atoms with Gasteiger partial charge in [0.1, 0.15) is 11.8 Å². The lowest BCUT2D eigenvalue weighted by molar-refractivity contribution is -0.138. The summed E-state index contributed by atoms with van der Waals surface area (Å²) in [5.41, 5.74) is 0.172. The Bertz CT molecular complexity index is 1150. The van der Waals surface area contributed by atoms with Crippen LogP contribution < -0.4 is 15.4 Å². The molecule has 1 saturated carbocycles. The quantitative estimate of drug-likeness (QED) is 0.417. The van der Waals surface area contributed by atoms with Gasteiger partial charge >= 0.3 is 17.7 Å². The van der Waals surface area contributed by atoms with Gasteiger partial charge in [0.05, 0.1) is 23.4 Å². The van der Waals surface area contributed by atoms with Crippen LogP contribution in [0, 0.1) is 5.92 Å². The Hall–Kier alpha value is -2.64. The number of amides is 1. The third-order valence-corrected chi connectivity index (χ3v) is 6.88. The summed E-state index contributed by atoms with van der Waals surface area (Å²) in [4.78, 5) is 12.9. The van der Waals surface area contributed by atoms with E-state index in [1.54, 1.807) is 6.07 Å². The van der Waals surface area contributed by atoms with Crippen LogP contribution in [0.4, 0.5) is 18.9 Å². The van der Waals surface area contributed by atoms with E-state index in [0.717, 1.165) is 19.8 Å². The van der Waals surface area contributed by atoms with Crippen molar-refractivity contribution in [3.8, 4) is 17.0 Å². The lowest BCUT2D eigenvalue weighted by Gasteiger charge is -2.34. The molecule has 3 N–H and O–H groups in total. The zero-order chi connectivity index (χ0) is 28.7. The van der Waals surface area contributed by atoms with E-state index in [1.165, 1.54) is 23.9 Å². The first-order valence-electron chi connectivity index (χ1n) is 12.0. The van der Waals surface area contributed by atoms with Gasteiger partial charge in [0, 0.05) is 30.4 Å². The summed E-state index contributed by atoms with van der Waals surface area (Å²) in [6, 6.07) is 2.76. The van der Waals surface area contributed by atoms with Gasteiger partial charge in [0.25, 0.3) is 5.91 Å². The SMILES string of the molecule is CCn1nc(C(=O)NCC2(O)CCC(C)CC2)c(Cl)c1-c1ccc(N[C@H](C)C(F)(F)F)cc1OC.O=S=O. The monoisotopic (exact) mass is 580 g/mol. The molecule has 0 aliphatic heterocycles. The Balaban J connectivity index is 0.00000161. The average Bonchev–Trinajstić information content (AvgIpc) is 3.20. The fourth-order valence-electron chi connectivity index (χ4n) is 4.18. The fourth-order valence-corrected chi connectivity index (χ4v) is 4.51. The number of methoxy groups -OCH3 is 1. The maximum Gasteiger partial charge on any atom is 0.408 e. The molecule has 0 saturated heterocycles. The maximum absolute atomic E-state index is 12.9. The zero-order valence-corrected chi connectivity index (χ0v) is 23.1. The summed E-state index contributed by atoms with van der Waals surface area (Å²) >= 11 is 5.85. The fraction of sp³-hybridized carbons (Fsp3) is 0.583. The number of benzene rings is 1. The predicted molar refractivity (Wildman–Crippen MR) is 138 cm³/mol. The molecule has 0 radical (unpaired) electrons. The first-order chi connectivity index (χ1) is 17.8. The summed E-state index contributed by atoms with van der Waals surface area (Å²) in [5.74, 6) is 0.321. The molecule has 1 fully saturated rings. The van der Waals surface area contributed by atoms with Crippen LogP contribution in [0.15, 0.2) is 18.2 Å². The normalized spacial score (nSPS) is 20.1. The number of alkyl halides is 3. The average molecular weight is 581 g/mol. The van der Waals surface area contributed by atoms with Crippen LogP contribution in [-0.4, -0.2) is 60.7 Å². The van der Waals surface area contributed by atoms with Gasteiger partial charge < -0.3 is 20.5 Å². The molecule has 1 aliphatic carbocycles. The molecule has 9 nitrogen and oxygen atoms in total. The largest absolute Gasteiger partial charge is 0.496 e. The van der Waals surface area contributed by atoms with Crippen LogP contribution in [0.1, 0.15) is 56.9 Å². The van der Waals surface area contributed by atoms with Crippen LogP contribution in [-0.2, 0) is 18.1 Å². The highest BCUT2D eigenvalue weighted by atomic mass is 35.5. The molecule has 3 rings (SSSR count). The van der Waals surface area contributed by atoms with Gasteiger partial charge in [-0.15, -0.1) is 0 Å². The molecular formula is C24H32ClF3N4O5S. The molecule has 1 atom stereocenters. The third kappa shape index (κ3) is 7.93. The number of hydrogen-bond donors (Lipinski definition) is 3. The number of rotatable bonds is 8. The Morgan fingerprint density at radius 1 is 1.34 bits per heavy atom. The van der Waals surface area contributed by atoms with Crippen molar-refractivity contribution in [1.82, 2.24) is 15.1 Å². The van der Waals surface area contributed by atoms with Crippen molar-refractivity contribution < 1.29 is 36.2 Å².